The van der Waals surface area contributed by atoms with Gasteiger partial charge in [0.1, 0.15) is 0 Å². The zero-order chi connectivity index (χ0) is 17.6. The Balaban J connectivity index is 1.60. The summed E-state index contributed by atoms with van der Waals surface area (Å²) in [5.74, 6) is 0. The van der Waals surface area contributed by atoms with Gasteiger partial charge in [0.25, 0.3) is 0 Å². The molecule has 0 atom stereocenters. The first-order valence-corrected chi connectivity index (χ1v) is 9.11. The Kier molecular flexibility index (Phi) is 5.66. The maximum atomic E-state index is 5.28. The zero-order valence-corrected chi connectivity index (χ0v) is 15.6. The van der Waals surface area contributed by atoms with Crippen LogP contribution in [0.4, 0.5) is 11.4 Å². The molecule has 0 radical (unpaired) electrons. The second-order valence-corrected chi connectivity index (χ2v) is 6.67. The highest BCUT2D eigenvalue weighted by Crippen LogP contribution is 2.27. The van der Waals surface area contributed by atoms with Crippen LogP contribution < -0.4 is 15.6 Å². The summed E-state index contributed by atoms with van der Waals surface area (Å²) in [5, 5.41) is 7.87. The third-order valence-corrected chi connectivity index (χ3v) is 4.55. The maximum Gasteiger partial charge on any atom is 0.191 e. The van der Waals surface area contributed by atoms with Crippen LogP contribution in [0, 0.1) is 6.92 Å². The first kappa shape index (κ1) is 17.4. The molecule has 0 amide bonds. The van der Waals surface area contributed by atoms with E-state index in [4.69, 9.17) is 12.2 Å². The van der Waals surface area contributed by atoms with E-state index in [-0.39, 0.29) is 0 Å². The van der Waals surface area contributed by atoms with E-state index in [1.54, 1.807) is 0 Å². The Morgan fingerprint density at radius 3 is 2.96 bits per heavy atom. The van der Waals surface area contributed by atoms with Crippen LogP contribution in [0.3, 0.4) is 0 Å². The molecule has 0 saturated heterocycles. The average Bonchev–Trinajstić information content (AvgIpc) is 2.61. The summed E-state index contributed by atoms with van der Waals surface area (Å²) < 4.78 is 0. The van der Waals surface area contributed by atoms with Gasteiger partial charge >= 0.3 is 0 Å². The van der Waals surface area contributed by atoms with Crippen molar-refractivity contribution in [1.82, 2.24) is 5.43 Å². The first-order valence-electron chi connectivity index (χ1n) is 8.70. The Hall–Kier alpha value is -2.40. The van der Waals surface area contributed by atoms with Crippen molar-refractivity contribution in [3.8, 4) is 0 Å². The third-order valence-electron chi connectivity index (χ3n) is 4.36. The fourth-order valence-electron chi connectivity index (χ4n) is 3.15. The van der Waals surface area contributed by atoms with Crippen LogP contribution in [0.1, 0.15) is 30.0 Å². The highest BCUT2D eigenvalue weighted by Gasteiger charge is 2.15. The van der Waals surface area contributed by atoms with E-state index in [0.29, 0.717) is 5.11 Å². The van der Waals surface area contributed by atoms with Crippen molar-refractivity contribution >= 4 is 34.9 Å². The summed E-state index contributed by atoms with van der Waals surface area (Å²) in [6.07, 6.45) is 4.16. The number of aryl methyl sites for hydroxylation is 2. The van der Waals surface area contributed by atoms with Crippen molar-refractivity contribution in [2.75, 3.05) is 23.3 Å². The van der Waals surface area contributed by atoms with Gasteiger partial charge in [0.15, 0.2) is 5.11 Å². The minimum absolute atomic E-state index is 0.483. The van der Waals surface area contributed by atoms with Crippen LogP contribution >= 0.6 is 12.2 Å². The van der Waals surface area contributed by atoms with E-state index in [1.165, 1.54) is 23.2 Å². The molecule has 0 bridgehead atoms. The van der Waals surface area contributed by atoms with Gasteiger partial charge in [-0.05, 0) is 79.9 Å². The zero-order valence-electron chi connectivity index (χ0n) is 14.7. The van der Waals surface area contributed by atoms with Gasteiger partial charge in [-0.15, -0.1) is 0 Å². The quantitative estimate of drug-likeness (QED) is 0.494. The Morgan fingerprint density at radius 2 is 2.16 bits per heavy atom. The predicted molar refractivity (Wildman–Crippen MR) is 111 cm³/mol. The molecule has 130 valence electrons. The van der Waals surface area contributed by atoms with Gasteiger partial charge in [-0.1, -0.05) is 18.2 Å². The number of anilines is 2. The molecule has 2 aromatic rings. The highest BCUT2D eigenvalue weighted by atomic mass is 32.1. The molecule has 3 rings (SSSR count). The lowest BCUT2D eigenvalue weighted by molar-refractivity contribution is 0.708. The summed E-state index contributed by atoms with van der Waals surface area (Å²) in [6, 6.07) is 14.6. The smallest absolute Gasteiger partial charge is 0.191 e. The van der Waals surface area contributed by atoms with Crippen LogP contribution in [-0.2, 0) is 6.42 Å². The second kappa shape index (κ2) is 8.12. The molecule has 2 N–H and O–H groups in total. The van der Waals surface area contributed by atoms with Crippen molar-refractivity contribution in [1.29, 1.82) is 0 Å². The molecule has 0 unspecified atom stereocenters. The van der Waals surface area contributed by atoms with Gasteiger partial charge in [-0.25, -0.2) is 0 Å². The molecular formula is C20H24N4S. The molecule has 25 heavy (non-hydrogen) atoms. The van der Waals surface area contributed by atoms with Gasteiger partial charge in [0.2, 0.25) is 0 Å². The van der Waals surface area contributed by atoms with E-state index >= 15 is 0 Å². The molecule has 0 saturated carbocycles. The normalized spacial score (nSPS) is 13.6. The molecule has 0 fully saturated rings. The van der Waals surface area contributed by atoms with Crippen molar-refractivity contribution in [3.05, 3.63) is 59.2 Å². The molecule has 1 aliphatic rings. The van der Waals surface area contributed by atoms with Gasteiger partial charge in [0.05, 0.1) is 6.21 Å². The standard InChI is InChI=1S/C20H24N4S/c1-3-24-11-5-7-17-13-16(9-10-19(17)24)14-21-23-20(25)22-18-8-4-6-15(2)12-18/h4,6,8-10,12-14H,3,5,7,11H2,1-2H3,(H2,22,23,25)/b21-14+. The SMILES string of the molecule is CCN1CCCc2cc(/C=N/NC(=S)Nc3cccc(C)c3)ccc21. The molecule has 0 spiro atoms. The van der Waals surface area contributed by atoms with Crippen LogP contribution in [0.15, 0.2) is 47.6 Å². The van der Waals surface area contributed by atoms with Crippen molar-refractivity contribution < 1.29 is 0 Å². The van der Waals surface area contributed by atoms with Crippen LogP contribution in [0.25, 0.3) is 0 Å². The van der Waals surface area contributed by atoms with E-state index in [0.717, 1.165) is 30.8 Å². The molecule has 1 aliphatic heterocycles. The molecule has 5 heteroatoms. The van der Waals surface area contributed by atoms with Gasteiger partial charge in [-0.2, -0.15) is 5.10 Å². The number of thiocarbonyl (C=S) groups is 1. The number of hydrazone groups is 1. The van der Waals surface area contributed by atoms with Gasteiger partial charge < -0.3 is 10.2 Å². The first-order chi connectivity index (χ1) is 12.2. The van der Waals surface area contributed by atoms with E-state index in [9.17, 15) is 0 Å². The summed E-state index contributed by atoms with van der Waals surface area (Å²) in [5.41, 5.74) is 8.87. The molecule has 0 aliphatic carbocycles. The summed E-state index contributed by atoms with van der Waals surface area (Å²) >= 11 is 5.28. The molecule has 1 heterocycles. The number of nitrogens with zero attached hydrogens (tertiary/aromatic N) is 2. The highest BCUT2D eigenvalue weighted by molar-refractivity contribution is 7.80. The molecule has 2 aromatic carbocycles. The van der Waals surface area contributed by atoms with Crippen LogP contribution in [-0.4, -0.2) is 24.4 Å². The number of rotatable bonds is 4. The Labute approximate surface area is 154 Å². The second-order valence-electron chi connectivity index (χ2n) is 6.26. The minimum atomic E-state index is 0.483. The monoisotopic (exact) mass is 352 g/mol. The average molecular weight is 353 g/mol. The summed E-state index contributed by atoms with van der Waals surface area (Å²) in [7, 11) is 0. The minimum Gasteiger partial charge on any atom is -0.372 e. The number of fused-ring (bicyclic) bond motifs is 1. The fourth-order valence-corrected chi connectivity index (χ4v) is 3.32. The van der Waals surface area contributed by atoms with Crippen LogP contribution in [0.2, 0.25) is 0 Å². The van der Waals surface area contributed by atoms with Crippen LogP contribution in [0.5, 0.6) is 0 Å². The molecule has 4 nitrogen and oxygen atoms in total. The lowest BCUT2D eigenvalue weighted by Gasteiger charge is -2.30. The fraction of sp³-hybridized carbons (Fsp3) is 0.300. The third kappa shape index (κ3) is 4.57. The molecular weight excluding hydrogens is 328 g/mol. The Bertz CT molecular complexity index is 785. The van der Waals surface area contributed by atoms with Gasteiger partial charge in [-0.3, -0.25) is 5.43 Å². The number of hydrogen-bond donors (Lipinski definition) is 2. The number of hydrogen-bond acceptors (Lipinski definition) is 3. The van der Waals surface area contributed by atoms with E-state index in [2.05, 4.69) is 58.9 Å². The largest absolute Gasteiger partial charge is 0.372 e. The molecule has 0 aromatic heterocycles. The lowest BCUT2D eigenvalue weighted by atomic mass is 9.99. The summed E-state index contributed by atoms with van der Waals surface area (Å²) in [4.78, 5) is 2.43. The van der Waals surface area contributed by atoms with E-state index < -0.39 is 0 Å². The van der Waals surface area contributed by atoms with Crippen molar-refractivity contribution in [3.63, 3.8) is 0 Å². The predicted octanol–water partition coefficient (Wildman–Crippen LogP) is 4.09. The number of nitrogens with one attached hydrogen (secondary N) is 2. The maximum absolute atomic E-state index is 5.28. The van der Waals surface area contributed by atoms with Crippen molar-refractivity contribution in [2.24, 2.45) is 5.10 Å². The Morgan fingerprint density at radius 1 is 1.28 bits per heavy atom. The lowest BCUT2D eigenvalue weighted by Crippen LogP contribution is -2.28. The van der Waals surface area contributed by atoms with E-state index in [1.807, 2.05) is 24.4 Å². The number of benzene rings is 2. The topological polar surface area (TPSA) is 39.7 Å². The van der Waals surface area contributed by atoms with Gasteiger partial charge in [0, 0.05) is 24.5 Å². The summed E-state index contributed by atoms with van der Waals surface area (Å²) in [6.45, 7) is 6.46. The van der Waals surface area contributed by atoms with Crippen molar-refractivity contribution in [2.45, 2.75) is 26.7 Å².